The van der Waals surface area contributed by atoms with Gasteiger partial charge in [-0.05, 0) is 5.92 Å². The molecule has 0 bridgehead atoms. The first-order valence-electron chi connectivity index (χ1n) is 5.63. The zero-order valence-electron chi connectivity index (χ0n) is 10.1. The van der Waals surface area contributed by atoms with E-state index in [1.165, 1.54) is 12.3 Å². The monoisotopic (exact) mass is 238 g/mol. The SMILES string of the molecule is CC(C)CNC(=O)CCNc1cn[nH]c(=O)c1. The summed E-state index contributed by atoms with van der Waals surface area (Å²) in [7, 11) is 0. The Labute approximate surface area is 99.8 Å². The van der Waals surface area contributed by atoms with Gasteiger partial charge in [-0.1, -0.05) is 13.8 Å². The fourth-order valence-electron chi connectivity index (χ4n) is 1.20. The highest BCUT2D eigenvalue weighted by Gasteiger charge is 2.02. The van der Waals surface area contributed by atoms with Crippen molar-refractivity contribution in [2.75, 3.05) is 18.4 Å². The second kappa shape index (κ2) is 6.67. The first-order valence-corrected chi connectivity index (χ1v) is 5.63. The number of aromatic nitrogens is 2. The number of carbonyl (C=O) groups excluding carboxylic acids is 1. The first kappa shape index (κ1) is 13.2. The summed E-state index contributed by atoms with van der Waals surface area (Å²) >= 11 is 0. The van der Waals surface area contributed by atoms with Crippen LogP contribution in [0, 0.1) is 5.92 Å². The molecule has 6 heteroatoms. The molecule has 0 fully saturated rings. The molecule has 0 saturated carbocycles. The molecular weight excluding hydrogens is 220 g/mol. The Morgan fingerprint density at radius 2 is 2.29 bits per heavy atom. The number of H-pyrrole nitrogens is 1. The molecule has 17 heavy (non-hydrogen) atoms. The molecule has 94 valence electrons. The topological polar surface area (TPSA) is 86.9 Å². The van der Waals surface area contributed by atoms with Crippen molar-refractivity contribution >= 4 is 11.6 Å². The van der Waals surface area contributed by atoms with Crippen molar-refractivity contribution in [3.63, 3.8) is 0 Å². The van der Waals surface area contributed by atoms with Crippen molar-refractivity contribution in [3.05, 3.63) is 22.6 Å². The van der Waals surface area contributed by atoms with E-state index in [9.17, 15) is 9.59 Å². The molecule has 0 radical (unpaired) electrons. The van der Waals surface area contributed by atoms with Gasteiger partial charge in [0.25, 0.3) is 5.56 Å². The highest BCUT2D eigenvalue weighted by molar-refractivity contribution is 5.76. The third kappa shape index (κ3) is 5.70. The maximum atomic E-state index is 11.4. The van der Waals surface area contributed by atoms with E-state index in [1.54, 1.807) is 0 Å². The van der Waals surface area contributed by atoms with Crippen molar-refractivity contribution < 1.29 is 4.79 Å². The van der Waals surface area contributed by atoms with E-state index in [0.29, 0.717) is 31.1 Å². The number of nitrogens with one attached hydrogen (secondary N) is 3. The molecule has 6 nitrogen and oxygen atoms in total. The van der Waals surface area contributed by atoms with Gasteiger partial charge in [0.05, 0.1) is 11.9 Å². The molecule has 0 aromatic carbocycles. The van der Waals surface area contributed by atoms with Crippen LogP contribution in [0.4, 0.5) is 5.69 Å². The normalized spacial score (nSPS) is 10.3. The zero-order valence-corrected chi connectivity index (χ0v) is 10.1. The van der Waals surface area contributed by atoms with Crippen LogP contribution < -0.4 is 16.2 Å². The predicted octanol–water partition coefficient (Wildman–Crippen LogP) is 0.344. The Bertz CT molecular complexity index is 414. The Morgan fingerprint density at radius 1 is 1.53 bits per heavy atom. The summed E-state index contributed by atoms with van der Waals surface area (Å²) in [4.78, 5) is 22.3. The number of hydrogen-bond donors (Lipinski definition) is 3. The lowest BCUT2D eigenvalue weighted by Crippen LogP contribution is -2.28. The molecule has 1 amide bonds. The standard InChI is InChI=1S/C11H18N4O2/c1-8(2)6-13-10(16)3-4-12-9-5-11(17)15-14-7-9/h5,7-8H,3-4,6H2,1-2H3,(H,13,16)(H2,12,15,17). The molecule has 3 N–H and O–H groups in total. The predicted molar refractivity (Wildman–Crippen MR) is 65.8 cm³/mol. The molecule has 0 spiro atoms. The summed E-state index contributed by atoms with van der Waals surface area (Å²) in [6.07, 6.45) is 1.88. The van der Waals surface area contributed by atoms with Crippen molar-refractivity contribution in [1.29, 1.82) is 0 Å². The number of aromatic amines is 1. The minimum Gasteiger partial charge on any atom is -0.383 e. The van der Waals surface area contributed by atoms with Crippen molar-refractivity contribution in [1.82, 2.24) is 15.5 Å². The average molecular weight is 238 g/mol. The quantitative estimate of drug-likeness (QED) is 0.667. The van der Waals surface area contributed by atoms with Crippen LogP contribution >= 0.6 is 0 Å². The van der Waals surface area contributed by atoms with Crippen molar-refractivity contribution in [2.45, 2.75) is 20.3 Å². The van der Waals surface area contributed by atoms with Crippen LogP contribution in [0.3, 0.4) is 0 Å². The maximum absolute atomic E-state index is 11.4. The Balaban J connectivity index is 2.24. The van der Waals surface area contributed by atoms with Crippen LogP contribution in [0.5, 0.6) is 0 Å². The third-order valence-corrected chi connectivity index (χ3v) is 2.05. The molecular formula is C11H18N4O2. The number of anilines is 1. The van der Waals surface area contributed by atoms with E-state index in [2.05, 4.69) is 20.8 Å². The smallest absolute Gasteiger partial charge is 0.266 e. The largest absolute Gasteiger partial charge is 0.383 e. The average Bonchev–Trinajstić information content (AvgIpc) is 2.26. The van der Waals surface area contributed by atoms with Gasteiger partial charge in [0.15, 0.2) is 0 Å². The van der Waals surface area contributed by atoms with Gasteiger partial charge in [-0.2, -0.15) is 5.10 Å². The number of hydrogen-bond acceptors (Lipinski definition) is 4. The van der Waals surface area contributed by atoms with Crippen LogP contribution in [0.15, 0.2) is 17.1 Å². The lowest BCUT2D eigenvalue weighted by atomic mass is 10.2. The summed E-state index contributed by atoms with van der Waals surface area (Å²) in [6.45, 7) is 5.25. The fourth-order valence-corrected chi connectivity index (χ4v) is 1.20. The highest BCUT2D eigenvalue weighted by Crippen LogP contribution is 1.98. The van der Waals surface area contributed by atoms with E-state index >= 15 is 0 Å². The van der Waals surface area contributed by atoms with Gasteiger partial charge < -0.3 is 10.6 Å². The van der Waals surface area contributed by atoms with Gasteiger partial charge in [0.2, 0.25) is 5.91 Å². The van der Waals surface area contributed by atoms with Crippen molar-refractivity contribution in [3.8, 4) is 0 Å². The molecule has 0 aliphatic heterocycles. The maximum Gasteiger partial charge on any atom is 0.266 e. The number of rotatable bonds is 6. The summed E-state index contributed by atoms with van der Waals surface area (Å²) < 4.78 is 0. The summed E-state index contributed by atoms with van der Waals surface area (Å²) in [5.74, 6) is 0.452. The van der Waals surface area contributed by atoms with Crippen LogP contribution in [-0.4, -0.2) is 29.2 Å². The Kier molecular flexibility index (Phi) is 5.19. The van der Waals surface area contributed by atoms with Crippen LogP contribution in [0.2, 0.25) is 0 Å². The van der Waals surface area contributed by atoms with Gasteiger partial charge in [-0.15, -0.1) is 0 Å². The van der Waals surface area contributed by atoms with E-state index < -0.39 is 0 Å². The van der Waals surface area contributed by atoms with E-state index in [-0.39, 0.29) is 11.5 Å². The number of amides is 1. The molecule has 0 saturated heterocycles. The summed E-state index contributed by atoms with van der Waals surface area (Å²) in [6, 6.07) is 1.40. The fraction of sp³-hybridized carbons (Fsp3) is 0.545. The second-order valence-electron chi connectivity index (χ2n) is 4.21. The van der Waals surface area contributed by atoms with E-state index in [0.717, 1.165) is 0 Å². The molecule has 0 aliphatic carbocycles. The van der Waals surface area contributed by atoms with E-state index in [1.807, 2.05) is 13.8 Å². The molecule has 1 heterocycles. The zero-order chi connectivity index (χ0) is 12.7. The minimum absolute atomic E-state index is 0.00370. The van der Waals surface area contributed by atoms with Gasteiger partial charge >= 0.3 is 0 Å². The van der Waals surface area contributed by atoms with E-state index in [4.69, 9.17) is 0 Å². The highest BCUT2D eigenvalue weighted by atomic mass is 16.1. The summed E-state index contributed by atoms with van der Waals surface area (Å²) in [5.41, 5.74) is 0.352. The van der Waals surface area contributed by atoms with Crippen LogP contribution in [0.1, 0.15) is 20.3 Å². The van der Waals surface area contributed by atoms with Crippen LogP contribution in [-0.2, 0) is 4.79 Å². The first-order chi connectivity index (χ1) is 8.08. The lowest BCUT2D eigenvalue weighted by Gasteiger charge is -2.08. The second-order valence-corrected chi connectivity index (χ2v) is 4.21. The van der Waals surface area contributed by atoms with Gasteiger partial charge in [-0.25, -0.2) is 5.10 Å². The molecule has 0 unspecified atom stereocenters. The molecule has 1 aromatic heterocycles. The number of carbonyl (C=O) groups is 1. The van der Waals surface area contributed by atoms with Gasteiger partial charge in [0.1, 0.15) is 0 Å². The molecule has 1 aromatic rings. The third-order valence-electron chi connectivity index (χ3n) is 2.05. The van der Waals surface area contributed by atoms with Crippen molar-refractivity contribution in [2.24, 2.45) is 5.92 Å². The Hall–Kier alpha value is -1.85. The summed E-state index contributed by atoms with van der Waals surface area (Å²) in [5, 5.41) is 11.7. The number of nitrogens with zero attached hydrogens (tertiary/aromatic N) is 1. The molecule has 0 atom stereocenters. The lowest BCUT2D eigenvalue weighted by molar-refractivity contribution is -0.120. The molecule has 1 rings (SSSR count). The molecule has 0 aliphatic rings. The Morgan fingerprint density at radius 3 is 2.94 bits per heavy atom. The van der Waals surface area contributed by atoms with Gasteiger partial charge in [-0.3, -0.25) is 9.59 Å². The van der Waals surface area contributed by atoms with Crippen LogP contribution in [0.25, 0.3) is 0 Å². The van der Waals surface area contributed by atoms with Gasteiger partial charge in [0, 0.05) is 25.6 Å². The minimum atomic E-state index is -0.265.